The molecule has 1 fully saturated rings. The van der Waals surface area contributed by atoms with Crippen molar-refractivity contribution in [3.8, 4) is 11.8 Å². The van der Waals surface area contributed by atoms with Crippen LogP contribution in [0, 0.1) is 11.3 Å². The van der Waals surface area contributed by atoms with Crippen LogP contribution in [0.15, 0.2) is 35.3 Å². The molecule has 27 heavy (non-hydrogen) atoms. The number of nitriles is 1. The summed E-state index contributed by atoms with van der Waals surface area (Å²) < 4.78 is 8.30. The van der Waals surface area contributed by atoms with Gasteiger partial charge in [-0.3, -0.25) is 13.9 Å². The van der Waals surface area contributed by atoms with Crippen LogP contribution in [-0.4, -0.2) is 34.8 Å². The maximum absolute atomic E-state index is 13.1. The summed E-state index contributed by atoms with van der Waals surface area (Å²) in [6.07, 6.45) is 3.96. The van der Waals surface area contributed by atoms with Crippen LogP contribution in [0.1, 0.15) is 43.4 Å². The molecule has 1 aromatic carbocycles. The molecule has 0 unspecified atom stereocenters. The van der Waals surface area contributed by atoms with Gasteiger partial charge < -0.3 is 10.1 Å². The van der Waals surface area contributed by atoms with Crippen molar-refractivity contribution in [2.24, 2.45) is 0 Å². The lowest BCUT2D eigenvalue weighted by atomic mass is 9.95. The Morgan fingerprint density at radius 1 is 1.30 bits per heavy atom. The average molecular weight is 368 g/mol. The number of nitrogens with zero attached hydrogens (tertiary/aromatic N) is 3. The summed E-state index contributed by atoms with van der Waals surface area (Å²) in [5, 5.41) is 12.3. The molecule has 1 aromatic heterocycles. The molecule has 0 bridgehead atoms. The Bertz CT molecular complexity index is 883. The molecule has 0 aliphatic carbocycles. The Hall–Kier alpha value is -2.85. The molecule has 2 aromatic rings. The molecule has 0 spiro atoms. The highest BCUT2D eigenvalue weighted by molar-refractivity contribution is 5.69. The summed E-state index contributed by atoms with van der Waals surface area (Å²) in [4.78, 5) is 24.8. The van der Waals surface area contributed by atoms with Gasteiger partial charge in [0.05, 0.1) is 30.3 Å². The maximum Gasteiger partial charge on any atom is 0.332 e. The Labute approximate surface area is 158 Å². The molecule has 0 atom stereocenters. The fraction of sp³-hybridized carbons (Fsp3) is 0.450. The number of ether oxygens (including phenoxy) is 1. The van der Waals surface area contributed by atoms with E-state index in [2.05, 4.69) is 11.4 Å². The Kier molecular flexibility index (Phi) is 6.09. The first-order chi connectivity index (χ1) is 13.1. The molecule has 2 heterocycles. The first-order valence-corrected chi connectivity index (χ1v) is 9.33. The fourth-order valence-electron chi connectivity index (χ4n) is 3.48. The normalized spacial score (nSPS) is 14.7. The van der Waals surface area contributed by atoms with Crippen molar-refractivity contribution in [2.45, 2.75) is 38.6 Å². The topological polar surface area (TPSA) is 89.0 Å². The van der Waals surface area contributed by atoms with E-state index in [-0.39, 0.29) is 24.0 Å². The molecule has 0 radical (unpaired) electrons. The number of benzene rings is 1. The van der Waals surface area contributed by atoms with Gasteiger partial charge in [-0.2, -0.15) is 5.26 Å². The molecule has 142 valence electrons. The van der Waals surface area contributed by atoms with Gasteiger partial charge in [0.2, 0.25) is 0 Å². The van der Waals surface area contributed by atoms with Crippen molar-refractivity contribution in [2.75, 3.05) is 19.7 Å². The van der Waals surface area contributed by atoms with Crippen LogP contribution in [0.5, 0.6) is 0 Å². The molecular formula is C20H24N4O3. The molecular weight excluding hydrogens is 344 g/mol. The van der Waals surface area contributed by atoms with Gasteiger partial charge in [-0.05, 0) is 57.1 Å². The smallest absolute Gasteiger partial charge is 0.332 e. The third-order valence-electron chi connectivity index (χ3n) is 4.89. The number of carbonyl (C=O) groups is 1. The number of nitrogens with one attached hydrogen (secondary N) is 1. The van der Waals surface area contributed by atoms with Crippen molar-refractivity contribution in [1.29, 1.82) is 5.26 Å². The second kappa shape index (κ2) is 8.69. The van der Waals surface area contributed by atoms with E-state index in [4.69, 9.17) is 10.00 Å². The van der Waals surface area contributed by atoms with E-state index >= 15 is 0 Å². The number of carbonyl (C=O) groups excluding carboxylic acids is 1. The van der Waals surface area contributed by atoms with Gasteiger partial charge in [0.15, 0.2) is 0 Å². The van der Waals surface area contributed by atoms with Crippen LogP contribution in [0.3, 0.4) is 0 Å². The first kappa shape index (κ1) is 18.9. The standard InChI is InChI=1S/C20H24N4O3/c1-2-27-19(25)9-12-23-18(16-7-10-22-11-8-16)14-24(20(23)26)17-5-3-15(13-21)4-6-17/h3-6,14,16,22H,2,7-12H2,1H3. The van der Waals surface area contributed by atoms with E-state index in [1.165, 1.54) is 0 Å². The van der Waals surface area contributed by atoms with E-state index < -0.39 is 0 Å². The number of aromatic nitrogens is 2. The minimum Gasteiger partial charge on any atom is -0.466 e. The molecule has 1 aliphatic rings. The van der Waals surface area contributed by atoms with Gasteiger partial charge in [-0.1, -0.05) is 0 Å². The molecule has 1 saturated heterocycles. The predicted octanol–water partition coefficient (Wildman–Crippen LogP) is 1.93. The predicted molar refractivity (Wildman–Crippen MR) is 101 cm³/mol. The van der Waals surface area contributed by atoms with E-state index in [0.29, 0.717) is 24.4 Å². The van der Waals surface area contributed by atoms with Crippen LogP contribution in [-0.2, 0) is 16.1 Å². The van der Waals surface area contributed by atoms with Gasteiger partial charge in [0, 0.05) is 24.4 Å². The van der Waals surface area contributed by atoms with Gasteiger partial charge in [0.25, 0.3) is 0 Å². The van der Waals surface area contributed by atoms with Crippen molar-refractivity contribution < 1.29 is 9.53 Å². The lowest BCUT2D eigenvalue weighted by Crippen LogP contribution is -2.30. The molecule has 1 aliphatic heterocycles. The zero-order chi connectivity index (χ0) is 19.2. The van der Waals surface area contributed by atoms with E-state index in [0.717, 1.165) is 31.6 Å². The van der Waals surface area contributed by atoms with Crippen molar-refractivity contribution in [1.82, 2.24) is 14.5 Å². The Balaban J connectivity index is 1.95. The molecule has 1 N–H and O–H groups in total. The number of rotatable bonds is 6. The van der Waals surface area contributed by atoms with Crippen LogP contribution in [0.25, 0.3) is 5.69 Å². The average Bonchev–Trinajstić information content (AvgIpc) is 3.04. The number of hydrogen-bond acceptors (Lipinski definition) is 5. The summed E-state index contributed by atoms with van der Waals surface area (Å²) in [6, 6.07) is 9.01. The Morgan fingerprint density at radius 3 is 2.63 bits per heavy atom. The maximum atomic E-state index is 13.1. The van der Waals surface area contributed by atoms with Gasteiger partial charge >= 0.3 is 11.7 Å². The molecule has 7 heteroatoms. The van der Waals surface area contributed by atoms with Gasteiger partial charge in [-0.15, -0.1) is 0 Å². The highest BCUT2D eigenvalue weighted by atomic mass is 16.5. The number of imidazole rings is 1. The minimum absolute atomic E-state index is 0.169. The largest absolute Gasteiger partial charge is 0.466 e. The summed E-state index contributed by atoms with van der Waals surface area (Å²) in [6.45, 7) is 4.24. The minimum atomic E-state index is -0.299. The van der Waals surface area contributed by atoms with Crippen molar-refractivity contribution in [3.63, 3.8) is 0 Å². The first-order valence-electron chi connectivity index (χ1n) is 9.33. The van der Waals surface area contributed by atoms with Crippen molar-refractivity contribution >= 4 is 5.97 Å². The summed E-state index contributed by atoms with van der Waals surface area (Å²) in [5.41, 5.74) is 2.05. The summed E-state index contributed by atoms with van der Waals surface area (Å²) in [7, 11) is 0. The van der Waals surface area contributed by atoms with Crippen LogP contribution in [0.4, 0.5) is 0 Å². The third-order valence-corrected chi connectivity index (χ3v) is 4.89. The fourth-order valence-corrected chi connectivity index (χ4v) is 3.48. The second-order valence-corrected chi connectivity index (χ2v) is 6.60. The van der Waals surface area contributed by atoms with Crippen LogP contribution in [0.2, 0.25) is 0 Å². The van der Waals surface area contributed by atoms with Gasteiger partial charge in [0.1, 0.15) is 0 Å². The lowest BCUT2D eigenvalue weighted by molar-refractivity contribution is -0.143. The van der Waals surface area contributed by atoms with E-state index in [1.807, 2.05) is 6.20 Å². The van der Waals surface area contributed by atoms with Gasteiger partial charge in [-0.25, -0.2) is 4.79 Å². The second-order valence-electron chi connectivity index (χ2n) is 6.60. The SMILES string of the molecule is CCOC(=O)CCn1c(C2CCNCC2)cn(-c2ccc(C#N)cc2)c1=O. The molecule has 7 nitrogen and oxygen atoms in total. The third kappa shape index (κ3) is 4.29. The lowest BCUT2D eigenvalue weighted by Gasteiger charge is -2.23. The number of hydrogen-bond donors (Lipinski definition) is 1. The van der Waals surface area contributed by atoms with E-state index in [9.17, 15) is 9.59 Å². The Morgan fingerprint density at radius 2 is 2.00 bits per heavy atom. The summed E-state index contributed by atoms with van der Waals surface area (Å²) in [5.74, 6) is -0.0208. The van der Waals surface area contributed by atoms with E-state index in [1.54, 1.807) is 40.3 Å². The van der Waals surface area contributed by atoms with Crippen molar-refractivity contribution in [3.05, 3.63) is 52.2 Å². The zero-order valence-electron chi connectivity index (χ0n) is 15.5. The number of piperidine rings is 1. The number of esters is 1. The monoisotopic (exact) mass is 368 g/mol. The van der Waals surface area contributed by atoms with Crippen LogP contribution < -0.4 is 11.0 Å². The molecule has 3 rings (SSSR count). The van der Waals surface area contributed by atoms with Crippen LogP contribution >= 0.6 is 0 Å². The highest BCUT2D eigenvalue weighted by Crippen LogP contribution is 2.25. The summed E-state index contributed by atoms with van der Waals surface area (Å²) >= 11 is 0. The quantitative estimate of drug-likeness (QED) is 0.787. The molecule has 0 amide bonds. The molecule has 0 saturated carbocycles. The highest BCUT2D eigenvalue weighted by Gasteiger charge is 2.23. The zero-order valence-corrected chi connectivity index (χ0v) is 15.5.